The van der Waals surface area contributed by atoms with Gasteiger partial charge in [0.1, 0.15) is 6.61 Å². The molecule has 2 N–H and O–H groups in total. The highest BCUT2D eigenvalue weighted by atomic mass is 79.9. The Hall–Kier alpha value is -2.35. The Bertz CT molecular complexity index is 689. The molecule has 1 aromatic heterocycles. The maximum absolute atomic E-state index is 11.9. The molecular weight excluding hydrogens is 366 g/mol. The number of alkyl carbamates (subject to hydrolysis) is 1. The van der Waals surface area contributed by atoms with Crippen LogP contribution in [-0.2, 0) is 22.7 Å². The van der Waals surface area contributed by atoms with Crippen LogP contribution in [0, 0.1) is 0 Å². The van der Waals surface area contributed by atoms with Gasteiger partial charge in [-0.3, -0.25) is 4.68 Å². The van der Waals surface area contributed by atoms with Gasteiger partial charge in [-0.15, -0.1) is 0 Å². The third kappa shape index (κ3) is 4.82. The summed E-state index contributed by atoms with van der Waals surface area (Å²) in [6, 6.07) is 9.13. The van der Waals surface area contributed by atoms with Crippen molar-refractivity contribution in [2.45, 2.75) is 25.6 Å². The molecule has 0 spiro atoms. The number of carboxylic acids is 1. The molecule has 7 nitrogen and oxygen atoms in total. The SMILES string of the molecule is CC(Cn1cc(Br)cn1)(NC(=O)OCc1ccccc1)C(=O)O. The first-order chi connectivity index (χ1) is 10.9. The van der Waals surface area contributed by atoms with Crippen LogP contribution in [0.5, 0.6) is 0 Å². The second-order valence-electron chi connectivity index (χ2n) is 5.18. The smallest absolute Gasteiger partial charge is 0.408 e. The summed E-state index contributed by atoms with van der Waals surface area (Å²) in [4.78, 5) is 23.4. The van der Waals surface area contributed by atoms with Crippen LogP contribution < -0.4 is 5.32 Å². The molecule has 1 atom stereocenters. The summed E-state index contributed by atoms with van der Waals surface area (Å²) < 4.78 is 7.21. The number of aromatic nitrogens is 2. The maximum atomic E-state index is 11.9. The van der Waals surface area contributed by atoms with E-state index in [-0.39, 0.29) is 13.2 Å². The Kier molecular flexibility index (Phi) is 5.38. The Morgan fingerprint density at radius 1 is 1.39 bits per heavy atom. The lowest BCUT2D eigenvalue weighted by Gasteiger charge is -2.25. The molecule has 0 aliphatic rings. The first-order valence-corrected chi connectivity index (χ1v) is 7.58. The zero-order chi connectivity index (χ0) is 16.9. The van der Waals surface area contributed by atoms with E-state index in [1.54, 1.807) is 6.20 Å². The van der Waals surface area contributed by atoms with Gasteiger partial charge in [0.2, 0.25) is 0 Å². The van der Waals surface area contributed by atoms with Crippen molar-refractivity contribution in [3.05, 3.63) is 52.8 Å². The Labute approximate surface area is 141 Å². The van der Waals surface area contributed by atoms with E-state index in [0.29, 0.717) is 0 Å². The minimum Gasteiger partial charge on any atom is -0.479 e. The lowest BCUT2D eigenvalue weighted by atomic mass is 10.0. The number of hydrogen-bond acceptors (Lipinski definition) is 4. The second kappa shape index (κ2) is 7.28. The first-order valence-electron chi connectivity index (χ1n) is 6.79. The van der Waals surface area contributed by atoms with Crippen molar-refractivity contribution < 1.29 is 19.4 Å². The average molecular weight is 382 g/mol. The van der Waals surface area contributed by atoms with Gasteiger partial charge in [0.05, 0.1) is 17.2 Å². The number of amides is 1. The van der Waals surface area contributed by atoms with E-state index in [4.69, 9.17) is 4.74 Å². The van der Waals surface area contributed by atoms with Crippen LogP contribution in [0.4, 0.5) is 4.79 Å². The van der Waals surface area contributed by atoms with E-state index in [1.165, 1.54) is 17.8 Å². The summed E-state index contributed by atoms with van der Waals surface area (Å²) >= 11 is 3.24. The van der Waals surface area contributed by atoms with Gasteiger partial charge in [-0.1, -0.05) is 30.3 Å². The molecule has 0 fully saturated rings. The molecule has 1 unspecified atom stereocenters. The fourth-order valence-electron chi connectivity index (χ4n) is 1.89. The largest absolute Gasteiger partial charge is 0.479 e. The minimum absolute atomic E-state index is 0.0334. The van der Waals surface area contributed by atoms with Crippen molar-refractivity contribution >= 4 is 28.0 Å². The van der Waals surface area contributed by atoms with Crippen LogP contribution >= 0.6 is 15.9 Å². The zero-order valence-corrected chi connectivity index (χ0v) is 14.0. The molecule has 0 radical (unpaired) electrons. The van der Waals surface area contributed by atoms with Crippen molar-refractivity contribution in [3.8, 4) is 0 Å². The molecule has 1 amide bonds. The third-order valence-electron chi connectivity index (χ3n) is 3.14. The number of carbonyl (C=O) groups excluding carboxylic acids is 1. The van der Waals surface area contributed by atoms with Crippen LogP contribution in [-0.4, -0.2) is 32.5 Å². The molecule has 2 rings (SSSR count). The van der Waals surface area contributed by atoms with Gasteiger partial charge in [0.25, 0.3) is 0 Å². The lowest BCUT2D eigenvalue weighted by Crippen LogP contribution is -2.55. The molecule has 0 bridgehead atoms. The molecule has 2 aromatic rings. The molecule has 122 valence electrons. The summed E-state index contributed by atoms with van der Waals surface area (Å²) in [5.74, 6) is -1.18. The number of aliphatic carboxylic acids is 1. The fourth-order valence-corrected chi connectivity index (χ4v) is 2.22. The topological polar surface area (TPSA) is 93.5 Å². The van der Waals surface area contributed by atoms with Gasteiger partial charge >= 0.3 is 12.1 Å². The van der Waals surface area contributed by atoms with Gasteiger partial charge in [0.15, 0.2) is 5.54 Å². The number of nitrogens with zero attached hydrogens (tertiary/aromatic N) is 2. The van der Waals surface area contributed by atoms with Crippen LogP contribution in [0.2, 0.25) is 0 Å². The summed E-state index contributed by atoms with van der Waals surface area (Å²) in [6.07, 6.45) is 2.36. The van der Waals surface area contributed by atoms with E-state index in [1.807, 2.05) is 30.3 Å². The first kappa shape index (κ1) is 17.0. The number of rotatable bonds is 6. The molecule has 0 saturated heterocycles. The molecule has 8 heteroatoms. The Balaban J connectivity index is 1.97. The molecular formula is C15H16BrN3O4. The summed E-state index contributed by atoms with van der Waals surface area (Å²) in [7, 11) is 0. The van der Waals surface area contributed by atoms with Crippen molar-refractivity contribution in [2.24, 2.45) is 0 Å². The van der Waals surface area contributed by atoms with E-state index >= 15 is 0 Å². The van der Waals surface area contributed by atoms with Crippen molar-refractivity contribution in [2.75, 3.05) is 0 Å². The molecule has 0 aliphatic heterocycles. The van der Waals surface area contributed by atoms with E-state index in [2.05, 4.69) is 26.3 Å². The Morgan fingerprint density at radius 2 is 2.09 bits per heavy atom. The second-order valence-corrected chi connectivity index (χ2v) is 6.10. The van der Waals surface area contributed by atoms with Crippen molar-refractivity contribution in [3.63, 3.8) is 0 Å². The fraction of sp³-hybridized carbons (Fsp3) is 0.267. The normalized spacial score (nSPS) is 13.1. The third-order valence-corrected chi connectivity index (χ3v) is 3.55. The lowest BCUT2D eigenvalue weighted by molar-refractivity contribution is -0.144. The number of carbonyl (C=O) groups is 2. The van der Waals surface area contributed by atoms with Gasteiger partial charge < -0.3 is 15.2 Å². The summed E-state index contributed by atoms with van der Waals surface area (Å²) in [5, 5.41) is 15.8. The van der Waals surface area contributed by atoms with E-state index in [9.17, 15) is 14.7 Å². The van der Waals surface area contributed by atoms with Crippen LogP contribution in [0.1, 0.15) is 12.5 Å². The Morgan fingerprint density at radius 3 is 2.65 bits per heavy atom. The van der Waals surface area contributed by atoms with Gasteiger partial charge in [0, 0.05) is 6.20 Å². The van der Waals surface area contributed by atoms with Crippen LogP contribution in [0.15, 0.2) is 47.2 Å². The molecule has 0 saturated carbocycles. The maximum Gasteiger partial charge on any atom is 0.408 e. The average Bonchev–Trinajstić information content (AvgIpc) is 2.91. The molecule has 1 heterocycles. The highest BCUT2D eigenvalue weighted by Crippen LogP contribution is 2.12. The minimum atomic E-state index is -1.54. The molecule has 23 heavy (non-hydrogen) atoms. The highest BCUT2D eigenvalue weighted by molar-refractivity contribution is 9.10. The quantitative estimate of drug-likeness (QED) is 0.801. The number of nitrogens with one attached hydrogen (secondary N) is 1. The zero-order valence-electron chi connectivity index (χ0n) is 12.4. The van der Waals surface area contributed by atoms with E-state index < -0.39 is 17.6 Å². The van der Waals surface area contributed by atoms with Crippen molar-refractivity contribution in [1.29, 1.82) is 0 Å². The standard InChI is InChI=1S/C15H16BrN3O4/c1-15(13(20)21,10-19-8-12(16)7-17-19)18-14(22)23-9-11-5-3-2-4-6-11/h2-8H,9-10H2,1H3,(H,18,22)(H,20,21). The number of hydrogen-bond donors (Lipinski definition) is 2. The van der Waals surface area contributed by atoms with E-state index in [0.717, 1.165) is 10.0 Å². The summed E-state index contributed by atoms with van der Waals surface area (Å²) in [6.45, 7) is 1.43. The number of carboxylic acid groups (broad SMARTS) is 1. The van der Waals surface area contributed by atoms with Crippen molar-refractivity contribution in [1.82, 2.24) is 15.1 Å². The number of ether oxygens (including phenoxy) is 1. The predicted molar refractivity (Wildman–Crippen MR) is 85.7 cm³/mol. The predicted octanol–water partition coefficient (Wildman–Crippen LogP) is 2.42. The van der Waals surface area contributed by atoms with Crippen LogP contribution in [0.3, 0.4) is 0 Å². The number of benzene rings is 1. The number of halogens is 1. The monoisotopic (exact) mass is 381 g/mol. The summed E-state index contributed by atoms with van der Waals surface area (Å²) in [5.41, 5.74) is -0.727. The van der Waals surface area contributed by atoms with Gasteiger partial charge in [-0.05, 0) is 28.4 Å². The highest BCUT2D eigenvalue weighted by Gasteiger charge is 2.36. The van der Waals surface area contributed by atoms with Gasteiger partial charge in [-0.25, -0.2) is 9.59 Å². The van der Waals surface area contributed by atoms with Crippen LogP contribution in [0.25, 0.3) is 0 Å². The van der Waals surface area contributed by atoms with Gasteiger partial charge in [-0.2, -0.15) is 5.10 Å². The molecule has 0 aliphatic carbocycles. The molecule has 1 aromatic carbocycles.